The second kappa shape index (κ2) is 7.11. The van der Waals surface area contributed by atoms with Gasteiger partial charge in [0.05, 0.1) is 17.2 Å². The highest BCUT2D eigenvalue weighted by atomic mass is 35.5. The first-order valence-corrected chi connectivity index (χ1v) is 7.43. The average molecular weight is 313 g/mol. The normalized spacial score (nSPS) is 19.7. The van der Waals surface area contributed by atoms with Crippen molar-refractivity contribution in [1.82, 2.24) is 4.90 Å². The van der Waals surface area contributed by atoms with Gasteiger partial charge in [-0.1, -0.05) is 11.6 Å². The van der Waals surface area contributed by atoms with Crippen molar-refractivity contribution in [1.29, 1.82) is 0 Å². The van der Waals surface area contributed by atoms with Gasteiger partial charge < -0.3 is 15.2 Å². The summed E-state index contributed by atoms with van der Waals surface area (Å²) in [6.45, 7) is 6.84. The maximum atomic E-state index is 12.0. The molecule has 21 heavy (non-hydrogen) atoms. The highest BCUT2D eigenvalue weighted by Crippen LogP contribution is 2.20. The van der Waals surface area contributed by atoms with Crippen molar-refractivity contribution in [3.8, 4) is 0 Å². The van der Waals surface area contributed by atoms with Gasteiger partial charge in [0.1, 0.15) is 12.7 Å². The SMILES string of the molecule is CC(C)N1CCOC(COC(=O)c2ccc(N)cc2Cl)C1. The number of ether oxygens (including phenoxy) is 2. The number of carbonyl (C=O) groups is 1. The number of hydrogen-bond donors (Lipinski definition) is 1. The minimum atomic E-state index is -0.453. The minimum absolute atomic E-state index is 0.0994. The molecule has 1 aromatic rings. The summed E-state index contributed by atoms with van der Waals surface area (Å²) in [6, 6.07) is 5.19. The second-order valence-electron chi connectivity index (χ2n) is 5.42. The maximum absolute atomic E-state index is 12.0. The van der Waals surface area contributed by atoms with Crippen molar-refractivity contribution in [2.45, 2.75) is 26.0 Å². The van der Waals surface area contributed by atoms with Crippen molar-refractivity contribution >= 4 is 23.3 Å². The van der Waals surface area contributed by atoms with E-state index in [-0.39, 0.29) is 12.7 Å². The van der Waals surface area contributed by atoms with Crippen LogP contribution in [0.2, 0.25) is 5.02 Å². The Morgan fingerprint density at radius 2 is 2.33 bits per heavy atom. The van der Waals surface area contributed by atoms with Crippen LogP contribution in [-0.4, -0.2) is 49.3 Å². The molecule has 2 N–H and O–H groups in total. The van der Waals surface area contributed by atoms with Gasteiger partial charge in [-0.05, 0) is 32.0 Å². The van der Waals surface area contributed by atoms with Gasteiger partial charge in [0.25, 0.3) is 0 Å². The molecule has 1 heterocycles. The molecule has 5 nitrogen and oxygen atoms in total. The van der Waals surface area contributed by atoms with Gasteiger partial charge in [-0.15, -0.1) is 0 Å². The van der Waals surface area contributed by atoms with E-state index in [0.29, 0.717) is 28.9 Å². The lowest BCUT2D eigenvalue weighted by Crippen LogP contribution is -2.47. The Hall–Kier alpha value is -1.30. The Morgan fingerprint density at radius 3 is 3.00 bits per heavy atom. The lowest BCUT2D eigenvalue weighted by Gasteiger charge is -2.35. The van der Waals surface area contributed by atoms with Crippen molar-refractivity contribution in [3.05, 3.63) is 28.8 Å². The Morgan fingerprint density at radius 1 is 1.57 bits per heavy atom. The third kappa shape index (κ3) is 4.33. The van der Waals surface area contributed by atoms with Crippen LogP contribution < -0.4 is 5.73 Å². The standard InChI is InChI=1S/C15H21ClN2O3/c1-10(2)18-5-6-20-12(8-18)9-21-15(19)13-4-3-11(17)7-14(13)16/h3-4,7,10,12H,5-6,8-9,17H2,1-2H3. The third-order valence-electron chi connectivity index (χ3n) is 3.51. The fraction of sp³-hybridized carbons (Fsp3) is 0.533. The quantitative estimate of drug-likeness (QED) is 0.682. The number of nitrogen functional groups attached to an aromatic ring is 1. The molecule has 116 valence electrons. The minimum Gasteiger partial charge on any atom is -0.459 e. The zero-order chi connectivity index (χ0) is 15.4. The molecule has 1 fully saturated rings. The van der Waals surface area contributed by atoms with Crippen LogP contribution >= 0.6 is 11.6 Å². The van der Waals surface area contributed by atoms with Crippen molar-refractivity contribution in [2.24, 2.45) is 0 Å². The summed E-state index contributed by atoms with van der Waals surface area (Å²) >= 11 is 5.99. The summed E-state index contributed by atoms with van der Waals surface area (Å²) in [4.78, 5) is 14.3. The van der Waals surface area contributed by atoms with E-state index in [2.05, 4.69) is 18.7 Å². The predicted molar refractivity (Wildman–Crippen MR) is 82.6 cm³/mol. The number of carbonyl (C=O) groups excluding carboxylic acids is 1. The third-order valence-corrected chi connectivity index (χ3v) is 3.83. The first kappa shape index (κ1) is 16.1. The topological polar surface area (TPSA) is 64.8 Å². The number of nitrogens with two attached hydrogens (primary N) is 1. The number of morpholine rings is 1. The fourth-order valence-electron chi connectivity index (χ4n) is 2.26. The van der Waals surface area contributed by atoms with Crippen molar-refractivity contribution in [2.75, 3.05) is 32.0 Å². The molecule has 1 saturated heterocycles. The molecule has 0 aromatic heterocycles. The van der Waals surface area contributed by atoms with E-state index in [4.69, 9.17) is 26.8 Å². The van der Waals surface area contributed by atoms with Crippen LogP contribution in [0.4, 0.5) is 5.69 Å². The number of anilines is 1. The summed E-state index contributed by atoms with van der Waals surface area (Å²) in [5.74, 6) is -0.453. The Balaban J connectivity index is 1.89. The number of hydrogen-bond acceptors (Lipinski definition) is 5. The Bertz CT molecular complexity index is 508. The molecule has 0 amide bonds. The number of benzene rings is 1. The van der Waals surface area contributed by atoms with E-state index in [0.717, 1.165) is 13.1 Å². The average Bonchev–Trinajstić information content (AvgIpc) is 2.45. The molecule has 0 spiro atoms. The lowest BCUT2D eigenvalue weighted by atomic mass is 10.2. The van der Waals surface area contributed by atoms with Gasteiger partial charge in [-0.2, -0.15) is 0 Å². The molecule has 0 bridgehead atoms. The van der Waals surface area contributed by atoms with Gasteiger partial charge in [0, 0.05) is 24.8 Å². The van der Waals surface area contributed by atoms with Crippen LogP contribution in [0.25, 0.3) is 0 Å². The first-order valence-electron chi connectivity index (χ1n) is 7.05. The summed E-state index contributed by atoms with van der Waals surface area (Å²) in [5.41, 5.74) is 6.44. The van der Waals surface area contributed by atoms with E-state index in [9.17, 15) is 4.79 Å². The molecular weight excluding hydrogens is 292 g/mol. The summed E-state index contributed by atoms with van der Waals surface area (Å²) in [6.07, 6.45) is -0.0994. The largest absolute Gasteiger partial charge is 0.459 e. The van der Waals surface area contributed by atoms with Gasteiger partial charge in [-0.25, -0.2) is 4.79 Å². The van der Waals surface area contributed by atoms with Crippen LogP contribution in [0.5, 0.6) is 0 Å². The molecule has 0 aliphatic carbocycles. The highest BCUT2D eigenvalue weighted by molar-refractivity contribution is 6.33. The molecule has 1 unspecified atom stereocenters. The molecule has 6 heteroatoms. The summed E-state index contributed by atoms with van der Waals surface area (Å²) in [5, 5.41) is 0.299. The molecule has 1 atom stereocenters. The lowest BCUT2D eigenvalue weighted by molar-refractivity contribution is -0.0662. The van der Waals surface area contributed by atoms with Crippen LogP contribution in [0.3, 0.4) is 0 Å². The summed E-state index contributed by atoms with van der Waals surface area (Å²) < 4.78 is 10.9. The molecule has 2 rings (SSSR count). The van der Waals surface area contributed by atoms with Crippen molar-refractivity contribution < 1.29 is 14.3 Å². The zero-order valence-electron chi connectivity index (χ0n) is 12.3. The zero-order valence-corrected chi connectivity index (χ0v) is 13.1. The van der Waals surface area contributed by atoms with Gasteiger partial charge in [0.15, 0.2) is 0 Å². The highest BCUT2D eigenvalue weighted by Gasteiger charge is 2.24. The van der Waals surface area contributed by atoms with E-state index >= 15 is 0 Å². The van der Waals surface area contributed by atoms with Gasteiger partial charge in [-0.3, -0.25) is 4.90 Å². The smallest absolute Gasteiger partial charge is 0.339 e. The number of nitrogens with zero attached hydrogens (tertiary/aromatic N) is 1. The van der Waals surface area contributed by atoms with Crippen LogP contribution in [0.15, 0.2) is 18.2 Å². The van der Waals surface area contributed by atoms with Gasteiger partial charge >= 0.3 is 5.97 Å². The molecule has 0 radical (unpaired) electrons. The Kier molecular flexibility index (Phi) is 5.45. The van der Waals surface area contributed by atoms with E-state index in [1.807, 2.05) is 0 Å². The molecule has 1 aliphatic rings. The number of esters is 1. The maximum Gasteiger partial charge on any atom is 0.339 e. The molecule has 0 saturated carbocycles. The fourth-order valence-corrected chi connectivity index (χ4v) is 2.52. The molecule has 1 aliphatic heterocycles. The van der Waals surface area contributed by atoms with E-state index in [1.54, 1.807) is 12.1 Å². The second-order valence-corrected chi connectivity index (χ2v) is 5.83. The first-order chi connectivity index (χ1) is 9.97. The van der Waals surface area contributed by atoms with Crippen LogP contribution in [0.1, 0.15) is 24.2 Å². The van der Waals surface area contributed by atoms with E-state index in [1.165, 1.54) is 6.07 Å². The van der Waals surface area contributed by atoms with Gasteiger partial charge in [0.2, 0.25) is 0 Å². The monoisotopic (exact) mass is 312 g/mol. The number of halogens is 1. The molecular formula is C15H21ClN2O3. The van der Waals surface area contributed by atoms with Crippen molar-refractivity contribution in [3.63, 3.8) is 0 Å². The Labute approximate surface area is 130 Å². The summed E-state index contributed by atoms with van der Waals surface area (Å²) in [7, 11) is 0. The number of rotatable bonds is 4. The molecule has 1 aromatic carbocycles. The van der Waals surface area contributed by atoms with Crippen LogP contribution in [0, 0.1) is 0 Å². The van der Waals surface area contributed by atoms with E-state index < -0.39 is 5.97 Å². The predicted octanol–water partition coefficient (Wildman–Crippen LogP) is 2.19. The van der Waals surface area contributed by atoms with Crippen LogP contribution in [-0.2, 0) is 9.47 Å².